The molecule has 25 heavy (non-hydrogen) atoms. The van der Waals surface area contributed by atoms with Crippen LogP contribution in [0.25, 0.3) is 22.0 Å². The lowest BCUT2D eigenvalue weighted by atomic mass is 10.0. The Bertz CT molecular complexity index is 893. The van der Waals surface area contributed by atoms with E-state index in [1.165, 1.54) is 5.39 Å². The zero-order valence-corrected chi connectivity index (χ0v) is 14.3. The van der Waals surface area contributed by atoms with Crippen LogP contribution in [0.1, 0.15) is 0 Å². The molecule has 1 fully saturated rings. The van der Waals surface area contributed by atoms with E-state index in [9.17, 15) is 4.79 Å². The fourth-order valence-electron chi connectivity index (χ4n) is 3.30. The van der Waals surface area contributed by atoms with Gasteiger partial charge in [0.15, 0.2) is 0 Å². The number of rotatable bonds is 2. The van der Waals surface area contributed by atoms with E-state index in [-0.39, 0.29) is 6.03 Å². The molecule has 4 rings (SSSR count). The van der Waals surface area contributed by atoms with Crippen LogP contribution in [0.15, 0.2) is 54.7 Å². The van der Waals surface area contributed by atoms with Crippen molar-refractivity contribution in [3.05, 3.63) is 54.7 Å². The summed E-state index contributed by atoms with van der Waals surface area (Å²) in [5.41, 5.74) is 4.16. The first-order chi connectivity index (χ1) is 12.2. The third-order valence-electron chi connectivity index (χ3n) is 4.80. The molecule has 0 radical (unpaired) electrons. The van der Waals surface area contributed by atoms with Gasteiger partial charge in [0.25, 0.3) is 0 Å². The van der Waals surface area contributed by atoms with Gasteiger partial charge in [-0.05, 0) is 36.2 Å². The van der Waals surface area contributed by atoms with Gasteiger partial charge in [-0.3, -0.25) is 0 Å². The summed E-state index contributed by atoms with van der Waals surface area (Å²) in [6.07, 6.45) is 1.95. The Morgan fingerprint density at radius 2 is 1.84 bits per heavy atom. The minimum absolute atomic E-state index is 0.0247. The number of aromatic amines is 1. The van der Waals surface area contributed by atoms with E-state index < -0.39 is 0 Å². The summed E-state index contributed by atoms with van der Waals surface area (Å²) in [6.45, 7) is 3.37. The van der Waals surface area contributed by atoms with Crippen molar-refractivity contribution in [3.63, 3.8) is 0 Å². The third-order valence-corrected chi connectivity index (χ3v) is 4.80. The number of hydrogen-bond acceptors (Lipinski definition) is 2. The average Bonchev–Trinajstić information content (AvgIpc) is 3.11. The Hall–Kier alpha value is -2.79. The largest absolute Gasteiger partial charge is 0.361 e. The molecule has 1 aliphatic heterocycles. The first kappa shape index (κ1) is 15.7. The van der Waals surface area contributed by atoms with Crippen molar-refractivity contribution in [2.24, 2.45) is 0 Å². The summed E-state index contributed by atoms with van der Waals surface area (Å²) < 4.78 is 0. The van der Waals surface area contributed by atoms with Crippen molar-refractivity contribution in [3.8, 4) is 11.1 Å². The van der Waals surface area contributed by atoms with Crippen molar-refractivity contribution >= 4 is 22.6 Å². The molecule has 2 amide bonds. The maximum atomic E-state index is 12.5. The number of carbonyl (C=O) groups is 1. The summed E-state index contributed by atoms with van der Waals surface area (Å²) in [5, 5.41) is 4.22. The number of hydrogen-bond donors (Lipinski definition) is 2. The van der Waals surface area contributed by atoms with Gasteiger partial charge >= 0.3 is 6.03 Å². The maximum absolute atomic E-state index is 12.5. The highest BCUT2D eigenvalue weighted by molar-refractivity contribution is 5.96. The fraction of sp³-hybridized carbons (Fsp3) is 0.250. The number of likely N-dealkylation sites (N-methyl/N-ethyl adjacent to an activating group) is 1. The van der Waals surface area contributed by atoms with Gasteiger partial charge in [-0.2, -0.15) is 0 Å². The lowest BCUT2D eigenvalue weighted by Crippen LogP contribution is -2.48. The van der Waals surface area contributed by atoms with Gasteiger partial charge in [0.2, 0.25) is 0 Å². The first-order valence-corrected chi connectivity index (χ1v) is 8.62. The Labute approximate surface area is 147 Å². The predicted molar refractivity (Wildman–Crippen MR) is 102 cm³/mol. The van der Waals surface area contributed by atoms with Gasteiger partial charge < -0.3 is 20.1 Å². The molecule has 0 aliphatic carbocycles. The molecule has 1 aromatic heterocycles. The highest BCUT2D eigenvalue weighted by atomic mass is 16.2. The zero-order valence-electron chi connectivity index (χ0n) is 14.3. The van der Waals surface area contributed by atoms with Crippen molar-refractivity contribution in [2.45, 2.75) is 0 Å². The summed E-state index contributed by atoms with van der Waals surface area (Å²) in [6, 6.07) is 16.3. The van der Waals surface area contributed by atoms with Crippen molar-refractivity contribution in [1.29, 1.82) is 0 Å². The van der Waals surface area contributed by atoms with Gasteiger partial charge in [-0.25, -0.2) is 4.79 Å². The van der Waals surface area contributed by atoms with E-state index in [0.717, 1.165) is 48.5 Å². The number of benzene rings is 2. The first-order valence-electron chi connectivity index (χ1n) is 8.62. The SMILES string of the molecule is CN1CCN(C(=O)Nc2cccc(-c3cccc4cc[nH]c34)c2)CC1. The molecule has 0 atom stereocenters. The summed E-state index contributed by atoms with van der Waals surface area (Å²) in [7, 11) is 2.08. The van der Waals surface area contributed by atoms with Crippen LogP contribution in [0.4, 0.5) is 10.5 Å². The number of nitrogens with zero attached hydrogens (tertiary/aromatic N) is 2. The van der Waals surface area contributed by atoms with E-state index >= 15 is 0 Å². The van der Waals surface area contributed by atoms with E-state index in [1.807, 2.05) is 29.3 Å². The quantitative estimate of drug-likeness (QED) is 0.752. The normalized spacial score (nSPS) is 15.5. The number of urea groups is 1. The van der Waals surface area contributed by atoms with Gasteiger partial charge in [0.05, 0.1) is 5.52 Å². The second kappa shape index (κ2) is 6.61. The molecule has 5 heteroatoms. The van der Waals surface area contributed by atoms with Gasteiger partial charge in [-0.15, -0.1) is 0 Å². The molecule has 3 aromatic rings. The van der Waals surface area contributed by atoms with Crippen molar-refractivity contribution in [2.75, 3.05) is 38.5 Å². The number of fused-ring (bicyclic) bond motifs is 1. The van der Waals surface area contributed by atoms with E-state index in [0.29, 0.717) is 0 Å². The van der Waals surface area contributed by atoms with Crippen LogP contribution >= 0.6 is 0 Å². The maximum Gasteiger partial charge on any atom is 0.321 e. The van der Waals surface area contributed by atoms with E-state index in [1.54, 1.807) is 0 Å². The molecule has 5 nitrogen and oxygen atoms in total. The molecule has 2 heterocycles. The summed E-state index contributed by atoms with van der Waals surface area (Å²) in [4.78, 5) is 19.9. The molecule has 0 spiro atoms. The number of piperazine rings is 1. The zero-order chi connectivity index (χ0) is 17.2. The second-order valence-corrected chi connectivity index (χ2v) is 6.55. The van der Waals surface area contributed by atoms with Crippen LogP contribution < -0.4 is 5.32 Å². The molecular weight excluding hydrogens is 312 g/mol. The molecule has 2 N–H and O–H groups in total. The molecule has 1 saturated heterocycles. The Balaban J connectivity index is 1.56. The van der Waals surface area contributed by atoms with Gasteiger partial charge in [0, 0.05) is 43.6 Å². The number of carbonyl (C=O) groups excluding carboxylic acids is 1. The number of aromatic nitrogens is 1. The van der Waals surface area contributed by atoms with Crippen LogP contribution in [0, 0.1) is 0 Å². The molecule has 0 saturated carbocycles. The number of anilines is 1. The van der Waals surface area contributed by atoms with Crippen molar-refractivity contribution < 1.29 is 4.79 Å². The molecule has 2 aromatic carbocycles. The number of nitrogens with one attached hydrogen (secondary N) is 2. The minimum Gasteiger partial charge on any atom is -0.361 e. The lowest BCUT2D eigenvalue weighted by Gasteiger charge is -2.32. The lowest BCUT2D eigenvalue weighted by molar-refractivity contribution is 0.164. The van der Waals surface area contributed by atoms with Gasteiger partial charge in [-0.1, -0.05) is 30.3 Å². The Kier molecular flexibility index (Phi) is 4.15. The molecule has 1 aliphatic rings. The Morgan fingerprint density at radius 3 is 2.68 bits per heavy atom. The fourth-order valence-corrected chi connectivity index (χ4v) is 3.30. The van der Waals surface area contributed by atoms with E-state index in [2.05, 4.69) is 52.6 Å². The highest BCUT2D eigenvalue weighted by Gasteiger charge is 2.19. The Morgan fingerprint density at radius 1 is 1.04 bits per heavy atom. The monoisotopic (exact) mass is 334 g/mol. The van der Waals surface area contributed by atoms with Crippen LogP contribution in [0.3, 0.4) is 0 Å². The predicted octanol–water partition coefficient (Wildman–Crippen LogP) is 3.61. The third kappa shape index (κ3) is 3.23. The molecule has 128 valence electrons. The standard InChI is InChI=1S/C20H22N4O/c1-23-10-12-24(13-11-23)20(25)22-17-6-2-5-16(14-17)18-7-3-4-15-8-9-21-19(15)18/h2-9,14,21H,10-13H2,1H3,(H,22,25). The average molecular weight is 334 g/mol. The number of H-pyrrole nitrogens is 1. The topological polar surface area (TPSA) is 51.4 Å². The highest BCUT2D eigenvalue weighted by Crippen LogP contribution is 2.29. The van der Waals surface area contributed by atoms with Crippen LogP contribution in [-0.4, -0.2) is 54.0 Å². The van der Waals surface area contributed by atoms with Crippen molar-refractivity contribution in [1.82, 2.24) is 14.8 Å². The number of para-hydroxylation sites is 1. The summed E-state index contributed by atoms with van der Waals surface area (Å²) >= 11 is 0. The molecular formula is C20H22N4O. The van der Waals surface area contributed by atoms with Gasteiger partial charge in [0.1, 0.15) is 0 Å². The molecule has 0 bridgehead atoms. The summed E-state index contributed by atoms with van der Waals surface area (Å²) in [5.74, 6) is 0. The molecule has 0 unspecified atom stereocenters. The van der Waals surface area contributed by atoms with E-state index in [4.69, 9.17) is 0 Å². The smallest absolute Gasteiger partial charge is 0.321 e. The second-order valence-electron chi connectivity index (χ2n) is 6.55. The number of amides is 2. The minimum atomic E-state index is -0.0247. The van der Waals surface area contributed by atoms with Crippen LogP contribution in [0.2, 0.25) is 0 Å². The van der Waals surface area contributed by atoms with Crippen LogP contribution in [0.5, 0.6) is 0 Å². The van der Waals surface area contributed by atoms with Crippen LogP contribution in [-0.2, 0) is 0 Å².